The molecule has 4 aromatic rings. The predicted molar refractivity (Wildman–Crippen MR) is 149 cm³/mol. The topological polar surface area (TPSA) is 85.6 Å². The van der Waals surface area contributed by atoms with Crippen LogP contribution in [-0.4, -0.2) is 40.7 Å². The van der Waals surface area contributed by atoms with Gasteiger partial charge in [-0.1, -0.05) is 25.1 Å². The zero-order valence-electron chi connectivity index (χ0n) is 22.2. The molecule has 2 heterocycles. The van der Waals surface area contributed by atoms with Crippen LogP contribution in [0.3, 0.4) is 0 Å². The van der Waals surface area contributed by atoms with Gasteiger partial charge in [-0.15, -0.1) is 0 Å². The van der Waals surface area contributed by atoms with Gasteiger partial charge in [-0.3, -0.25) is 0 Å². The van der Waals surface area contributed by atoms with Crippen LogP contribution in [-0.2, 0) is 4.74 Å². The van der Waals surface area contributed by atoms with E-state index in [2.05, 4.69) is 10.4 Å². The maximum atomic E-state index is 14.3. The standard InChI is InChI=1S/C31H31F2N3O4/c1-2-27(22-16-24(32)18-25(33)17-22)30(20-6-9-26(10-7-20)39-14-12-34-31(37)38)21-8-11-28-23(15-21)19-35-36(28)29-5-3-4-13-40-29/h6-11,15-19,29,34H,2-5,12-14H2,1H3,(H,37,38)/b30-27+. The highest BCUT2D eigenvalue weighted by Crippen LogP contribution is 2.37. The Bertz CT molecular complexity index is 1510. The highest BCUT2D eigenvalue weighted by atomic mass is 19.1. The largest absolute Gasteiger partial charge is 0.492 e. The van der Waals surface area contributed by atoms with Crippen LogP contribution in [0.1, 0.15) is 55.5 Å². The number of allylic oxidation sites excluding steroid dienone is 1. The van der Waals surface area contributed by atoms with E-state index >= 15 is 0 Å². The van der Waals surface area contributed by atoms with Gasteiger partial charge in [-0.25, -0.2) is 18.3 Å². The van der Waals surface area contributed by atoms with E-state index in [1.165, 1.54) is 12.1 Å². The average Bonchev–Trinajstić information content (AvgIpc) is 3.37. The summed E-state index contributed by atoms with van der Waals surface area (Å²) in [6.45, 7) is 3.02. The van der Waals surface area contributed by atoms with Gasteiger partial charge in [-0.05, 0) is 89.9 Å². The van der Waals surface area contributed by atoms with Crippen molar-refractivity contribution in [1.29, 1.82) is 0 Å². The highest BCUT2D eigenvalue weighted by Gasteiger charge is 2.20. The number of benzene rings is 3. The molecule has 1 fully saturated rings. The molecule has 9 heteroatoms. The lowest BCUT2D eigenvalue weighted by Gasteiger charge is -2.23. The van der Waals surface area contributed by atoms with E-state index < -0.39 is 17.7 Å². The van der Waals surface area contributed by atoms with Crippen molar-refractivity contribution < 1.29 is 28.2 Å². The summed E-state index contributed by atoms with van der Waals surface area (Å²) in [6.07, 6.45) is 4.22. The van der Waals surface area contributed by atoms with E-state index in [0.29, 0.717) is 17.7 Å². The molecule has 1 saturated heterocycles. The van der Waals surface area contributed by atoms with Gasteiger partial charge in [0.1, 0.15) is 24.0 Å². The minimum atomic E-state index is -1.11. The number of halogens is 2. The molecule has 0 bridgehead atoms. The van der Waals surface area contributed by atoms with Crippen molar-refractivity contribution >= 4 is 28.1 Å². The van der Waals surface area contributed by atoms with Crippen molar-refractivity contribution in [3.63, 3.8) is 0 Å². The van der Waals surface area contributed by atoms with Crippen LogP contribution >= 0.6 is 0 Å². The number of aromatic nitrogens is 2. The number of ether oxygens (including phenoxy) is 2. The van der Waals surface area contributed by atoms with Gasteiger partial charge in [0, 0.05) is 18.1 Å². The summed E-state index contributed by atoms with van der Waals surface area (Å²) >= 11 is 0. The first-order valence-corrected chi connectivity index (χ1v) is 13.4. The van der Waals surface area contributed by atoms with E-state index in [-0.39, 0.29) is 19.4 Å². The van der Waals surface area contributed by atoms with E-state index in [1.54, 1.807) is 12.1 Å². The Morgan fingerprint density at radius 2 is 1.80 bits per heavy atom. The van der Waals surface area contributed by atoms with Gasteiger partial charge >= 0.3 is 6.09 Å². The average molecular weight is 548 g/mol. The van der Waals surface area contributed by atoms with Crippen LogP contribution in [0.4, 0.5) is 13.6 Å². The molecule has 2 N–H and O–H groups in total. The van der Waals surface area contributed by atoms with Crippen LogP contribution in [0.2, 0.25) is 0 Å². The Labute approximate surface area is 231 Å². The number of nitrogens with one attached hydrogen (secondary N) is 1. The lowest BCUT2D eigenvalue weighted by Crippen LogP contribution is -2.26. The van der Waals surface area contributed by atoms with Gasteiger partial charge in [0.2, 0.25) is 0 Å². The first-order chi connectivity index (χ1) is 19.4. The van der Waals surface area contributed by atoms with Crippen LogP contribution in [0, 0.1) is 11.6 Å². The third-order valence-electron chi connectivity index (χ3n) is 6.97. The van der Waals surface area contributed by atoms with Crippen LogP contribution in [0.15, 0.2) is 66.9 Å². The van der Waals surface area contributed by atoms with Crippen molar-refractivity contribution in [1.82, 2.24) is 15.1 Å². The first kappa shape index (κ1) is 27.3. The number of carbonyl (C=O) groups is 1. The molecule has 7 nitrogen and oxygen atoms in total. The normalized spacial score (nSPS) is 16.0. The van der Waals surface area contributed by atoms with Crippen molar-refractivity contribution in [3.8, 4) is 5.75 Å². The Hall–Kier alpha value is -4.24. The molecule has 0 radical (unpaired) electrons. The molecule has 1 unspecified atom stereocenters. The molecule has 1 aliphatic heterocycles. The molecule has 0 spiro atoms. The number of hydrogen-bond donors (Lipinski definition) is 2. The summed E-state index contributed by atoms with van der Waals surface area (Å²) in [5, 5.41) is 16.5. The zero-order chi connectivity index (χ0) is 28.1. The number of carboxylic acid groups (broad SMARTS) is 1. The molecule has 1 atom stereocenters. The van der Waals surface area contributed by atoms with Crippen LogP contribution < -0.4 is 10.1 Å². The molecule has 1 aliphatic rings. The fourth-order valence-corrected chi connectivity index (χ4v) is 5.17. The molecule has 0 saturated carbocycles. The molecule has 208 valence electrons. The number of rotatable bonds is 9. The Morgan fingerprint density at radius 1 is 1.05 bits per heavy atom. The van der Waals surface area contributed by atoms with Gasteiger partial charge in [-0.2, -0.15) is 5.10 Å². The summed E-state index contributed by atoms with van der Waals surface area (Å²) in [7, 11) is 0. The summed E-state index contributed by atoms with van der Waals surface area (Å²) in [6, 6.07) is 17.0. The fourth-order valence-electron chi connectivity index (χ4n) is 5.17. The molecule has 40 heavy (non-hydrogen) atoms. The van der Waals surface area contributed by atoms with Gasteiger partial charge in [0.15, 0.2) is 6.23 Å². The number of amides is 1. The number of nitrogens with zero attached hydrogens (tertiary/aromatic N) is 2. The minimum Gasteiger partial charge on any atom is -0.492 e. The molecule has 0 aliphatic carbocycles. The molecule has 1 amide bonds. The maximum Gasteiger partial charge on any atom is 0.404 e. The van der Waals surface area contributed by atoms with Gasteiger partial charge < -0.3 is 19.9 Å². The monoisotopic (exact) mass is 547 g/mol. The smallest absolute Gasteiger partial charge is 0.404 e. The van der Waals surface area contributed by atoms with Crippen LogP contribution in [0.25, 0.3) is 22.0 Å². The Morgan fingerprint density at radius 3 is 2.48 bits per heavy atom. The third-order valence-corrected chi connectivity index (χ3v) is 6.97. The summed E-state index contributed by atoms with van der Waals surface area (Å²) in [4.78, 5) is 10.6. The SMILES string of the molecule is CC/C(=C(/c1ccc(OCCNC(=O)O)cc1)c1ccc2c(cnn2C2CCCCO2)c1)c1cc(F)cc(F)c1. The third kappa shape index (κ3) is 6.15. The Kier molecular flexibility index (Phi) is 8.40. The van der Waals surface area contributed by atoms with Crippen molar-refractivity contribution in [2.75, 3.05) is 19.8 Å². The molecule has 3 aromatic carbocycles. The summed E-state index contributed by atoms with van der Waals surface area (Å²) < 4.78 is 42.1. The quantitative estimate of drug-likeness (QED) is 0.174. The summed E-state index contributed by atoms with van der Waals surface area (Å²) in [5.74, 6) is -0.694. The second-order valence-electron chi connectivity index (χ2n) is 9.65. The molecular formula is C31H31F2N3O4. The summed E-state index contributed by atoms with van der Waals surface area (Å²) in [5.41, 5.74) is 4.80. The van der Waals surface area contributed by atoms with Gasteiger partial charge in [0.25, 0.3) is 0 Å². The first-order valence-electron chi connectivity index (χ1n) is 13.4. The van der Waals surface area contributed by atoms with Gasteiger partial charge in [0.05, 0.1) is 18.3 Å². The highest BCUT2D eigenvalue weighted by molar-refractivity contribution is 6.00. The lowest BCUT2D eigenvalue weighted by atomic mass is 9.87. The second-order valence-corrected chi connectivity index (χ2v) is 9.65. The second kappa shape index (κ2) is 12.3. The predicted octanol–water partition coefficient (Wildman–Crippen LogP) is 7.03. The van der Waals surface area contributed by atoms with E-state index in [1.807, 2.05) is 48.1 Å². The van der Waals surface area contributed by atoms with Crippen molar-refractivity contribution in [3.05, 3.63) is 95.2 Å². The number of fused-ring (bicyclic) bond motifs is 1. The molecule has 5 rings (SSSR count). The van der Waals surface area contributed by atoms with Crippen molar-refractivity contribution in [2.24, 2.45) is 0 Å². The van der Waals surface area contributed by atoms with Crippen molar-refractivity contribution in [2.45, 2.75) is 38.8 Å². The number of hydrogen-bond acceptors (Lipinski definition) is 4. The fraction of sp³-hybridized carbons (Fsp3) is 0.290. The molecular weight excluding hydrogens is 516 g/mol. The lowest BCUT2D eigenvalue weighted by molar-refractivity contribution is -0.0366. The molecule has 1 aromatic heterocycles. The zero-order valence-corrected chi connectivity index (χ0v) is 22.2. The van der Waals surface area contributed by atoms with E-state index in [0.717, 1.165) is 65.1 Å². The van der Waals surface area contributed by atoms with E-state index in [9.17, 15) is 13.6 Å². The Balaban J connectivity index is 1.56. The van der Waals surface area contributed by atoms with Crippen LogP contribution in [0.5, 0.6) is 5.75 Å². The minimum absolute atomic E-state index is 0.0909. The van der Waals surface area contributed by atoms with E-state index in [4.69, 9.17) is 14.6 Å². The maximum absolute atomic E-state index is 14.3.